The number of hydrogen-bond donors (Lipinski definition) is 1. The first-order valence-corrected chi connectivity index (χ1v) is 9.66. The van der Waals surface area contributed by atoms with Gasteiger partial charge in [0.2, 0.25) is 0 Å². The summed E-state index contributed by atoms with van der Waals surface area (Å²) in [6, 6.07) is 0.508. The van der Waals surface area contributed by atoms with Crippen molar-refractivity contribution < 1.29 is 0 Å². The van der Waals surface area contributed by atoms with E-state index in [2.05, 4.69) is 40.7 Å². The molecule has 0 aliphatic carbocycles. The molecule has 0 bridgehead atoms. The van der Waals surface area contributed by atoms with Crippen LogP contribution in [0.2, 0.25) is 5.02 Å². The van der Waals surface area contributed by atoms with Crippen LogP contribution in [-0.4, -0.2) is 33.4 Å². The Hall–Kier alpha value is -0.190. The van der Waals surface area contributed by atoms with Crippen molar-refractivity contribution in [3.05, 3.63) is 16.4 Å². The molecule has 1 aromatic heterocycles. The van der Waals surface area contributed by atoms with E-state index in [1.807, 2.05) is 6.92 Å². The molecule has 2 atom stereocenters. The lowest BCUT2D eigenvalue weighted by molar-refractivity contribution is 0.447. The standard InChI is InChI=1S/C16H28ClN3S/c1-4-9-18-13(15-8-6-7-10-21-15)11-14-16(17)12(3)19-20(14)5-2/h13,15,18H,4-11H2,1-3H3. The zero-order valence-electron chi connectivity index (χ0n) is 13.5. The molecular formula is C16H28ClN3S. The number of rotatable bonds is 7. The average molecular weight is 330 g/mol. The van der Waals surface area contributed by atoms with E-state index in [1.54, 1.807) is 0 Å². The zero-order valence-corrected chi connectivity index (χ0v) is 15.1. The molecule has 1 N–H and O–H groups in total. The minimum Gasteiger partial charge on any atom is -0.312 e. The number of nitrogens with zero attached hydrogens (tertiary/aromatic N) is 2. The van der Waals surface area contributed by atoms with Gasteiger partial charge in [-0.15, -0.1) is 0 Å². The highest BCUT2D eigenvalue weighted by atomic mass is 35.5. The van der Waals surface area contributed by atoms with Crippen molar-refractivity contribution in [3.63, 3.8) is 0 Å². The maximum atomic E-state index is 6.49. The average Bonchev–Trinajstić information content (AvgIpc) is 2.79. The van der Waals surface area contributed by atoms with Gasteiger partial charge >= 0.3 is 0 Å². The van der Waals surface area contributed by atoms with Crippen LogP contribution in [0.5, 0.6) is 0 Å². The van der Waals surface area contributed by atoms with E-state index in [4.69, 9.17) is 11.6 Å². The third-order valence-electron chi connectivity index (χ3n) is 4.19. The first-order chi connectivity index (χ1) is 10.2. The molecular weight excluding hydrogens is 302 g/mol. The molecule has 0 radical (unpaired) electrons. The second kappa shape index (κ2) is 8.44. The van der Waals surface area contributed by atoms with Gasteiger partial charge in [-0.3, -0.25) is 4.68 Å². The van der Waals surface area contributed by atoms with E-state index in [0.29, 0.717) is 11.3 Å². The van der Waals surface area contributed by atoms with E-state index >= 15 is 0 Å². The van der Waals surface area contributed by atoms with Gasteiger partial charge in [0.15, 0.2) is 0 Å². The maximum absolute atomic E-state index is 6.49. The van der Waals surface area contributed by atoms with Gasteiger partial charge in [0.05, 0.1) is 16.4 Å². The van der Waals surface area contributed by atoms with Crippen LogP contribution in [0, 0.1) is 6.92 Å². The molecule has 1 fully saturated rings. The fraction of sp³-hybridized carbons (Fsp3) is 0.812. The highest BCUT2D eigenvalue weighted by molar-refractivity contribution is 8.00. The summed E-state index contributed by atoms with van der Waals surface area (Å²) < 4.78 is 2.08. The molecule has 1 saturated heterocycles. The highest BCUT2D eigenvalue weighted by Crippen LogP contribution is 2.30. The predicted octanol–water partition coefficient (Wildman–Crippen LogP) is 4.06. The number of aromatic nitrogens is 2. The molecule has 5 heteroatoms. The van der Waals surface area contributed by atoms with Crippen molar-refractivity contribution in [2.24, 2.45) is 0 Å². The van der Waals surface area contributed by atoms with Crippen LogP contribution in [0.1, 0.15) is 50.9 Å². The summed E-state index contributed by atoms with van der Waals surface area (Å²) in [6.07, 6.45) is 6.22. The molecule has 3 nitrogen and oxygen atoms in total. The topological polar surface area (TPSA) is 29.9 Å². The molecule has 120 valence electrons. The van der Waals surface area contributed by atoms with Crippen molar-refractivity contribution in [2.75, 3.05) is 12.3 Å². The van der Waals surface area contributed by atoms with E-state index < -0.39 is 0 Å². The molecule has 0 saturated carbocycles. The van der Waals surface area contributed by atoms with Crippen LogP contribution >= 0.6 is 23.4 Å². The molecule has 0 amide bonds. The van der Waals surface area contributed by atoms with E-state index in [1.165, 1.54) is 37.1 Å². The van der Waals surface area contributed by atoms with E-state index in [9.17, 15) is 0 Å². The summed E-state index contributed by atoms with van der Waals surface area (Å²) in [4.78, 5) is 0. The van der Waals surface area contributed by atoms with Crippen LogP contribution in [0.25, 0.3) is 0 Å². The quantitative estimate of drug-likeness (QED) is 0.818. The first kappa shape index (κ1) is 17.2. The molecule has 21 heavy (non-hydrogen) atoms. The van der Waals surface area contributed by atoms with Crippen LogP contribution in [-0.2, 0) is 13.0 Å². The van der Waals surface area contributed by atoms with Crippen LogP contribution < -0.4 is 5.32 Å². The number of aryl methyl sites for hydroxylation is 2. The summed E-state index contributed by atoms with van der Waals surface area (Å²) in [5, 5.41) is 9.88. The summed E-state index contributed by atoms with van der Waals surface area (Å²) in [5.74, 6) is 1.30. The van der Waals surface area contributed by atoms with E-state index in [0.717, 1.165) is 30.2 Å². The van der Waals surface area contributed by atoms with Crippen LogP contribution in [0.3, 0.4) is 0 Å². The smallest absolute Gasteiger partial charge is 0.0847 e. The lowest BCUT2D eigenvalue weighted by atomic mass is 10.0. The SMILES string of the molecule is CCCNC(Cc1c(Cl)c(C)nn1CC)C1CCCCS1. The molecule has 2 rings (SSSR count). The summed E-state index contributed by atoms with van der Waals surface area (Å²) in [5.41, 5.74) is 2.16. The van der Waals surface area contributed by atoms with Gasteiger partial charge in [0.25, 0.3) is 0 Å². The second-order valence-corrected chi connectivity index (χ2v) is 7.56. The Morgan fingerprint density at radius 2 is 2.24 bits per heavy atom. The van der Waals surface area contributed by atoms with Crippen molar-refractivity contribution in [2.45, 2.75) is 70.7 Å². The lowest BCUT2D eigenvalue weighted by Crippen LogP contribution is -2.42. The fourth-order valence-corrected chi connectivity index (χ4v) is 4.66. The minimum atomic E-state index is 0.508. The van der Waals surface area contributed by atoms with Gasteiger partial charge in [-0.2, -0.15) is 16.9 Å². The maximum Gasteiger partial charge on any atom is 0.0847 e. The second-order valence-electron chi connectivity index (χ2n) is 5.83. The van der Waals surface area contributed by atoms with Gasteiger partial charge in [0.1, 0.15) is 0 Å². The molecule has 0 spiro atoms. The molecule has 2 unspecified atom stereocenters. The molecule has 2 heterocycles. The van der Waals surface area contributed by atoms with Crippen molar-refractivity contribution in [1.29, 1.82) is 0 Å². The Labute approximate surface area is 138 Å². The summed E-state index contributed by atoms with van der Waals surface area (Å²) >= 11 is 8.62. The molecule has 1 aliphatic rings. The predicted molar refractivity (Wildman–Crippen MR) is 93.5 cm³/mol. The number of halogens is 1. The Morgan fingerprint density at radius 1 is 1.43 bits per heavy atom. The summed E-state index contributed by atoms with van der Waals surface area (Å²) in [6.45, 7) is 8.34. The Bertz CT molecular complexity index is 441. The van der Waals surface area contributed by atoms with Crippen molar-refractivity contribution in [3.8, 4) is 0 Å². The number of nitrogens with one attached hydrogen (secondary N) is 1. The minimum absolute atomic E-state index is 0.508. The number of hydrogen-bond acceptors (Lipinski definition) is 3. The van der Waals surface area contributed by atoms with Gasteiger partial charge < -0.3 is 5.32 Å². The van der Waals surface area contributed by atoms with Crippen molar-refractivity contribution >= 4 is 23.4 Å². The summed E-state index contributed by atoms with van der Waals surface area (Å²) in [7, 11) is 0. The van der Waals surface area contributed by atoms with Crippen molar-refractivity contribution in [1.82, 2.24) is 15.1 Å². The first-order valence-electron chi connectivity index (χ1n) is 8.24. The van der Waals surface area contributed by atoms with Gasteiger partial charge in [-0.05, 0) is 45.4 Å². The Kier molecular flexibility index (Phi) is 6.90. The third kappa shape index (κ3) is 4.40. The largest absolute Gasteiger partial charge is 0.312 e. The third-order valence-corrected chi connectivity index (χ3v) is 6.19. The van der Waals surface area contributed by atoms with E-state index in [-0.39, 0.29) is 0 Å². The highest BCUT2D eigenvalue weighted by Gasteiger charge is 2.26. The van der Waals surface area contributed by atoms with Gasteiger partial charge in [-0.25, -0.2) is 0 Å². The lowest BCUT2D eigenvalue weighted by Gasteiger charge is -2.31. The van der Waals surface area contributed by atoms with Gasteiger partial charge in [-0.1, -0.05) is 24.9 Å². The van der Waals surface area contributed by atoms with Gasteiger partial charge in [0, 0.05) is 24.3 Å². The van der Waals surface area contributed by atoms with Crippen LogP contribution in [0.4, 0.5) is 0 Å². The zero-order chi connectivity index (χ0) is 15.2. The fourth-order valence-electron chi connectivity index (χ4n) is 3.02. The molecule has 0 aromatic carbocycles. The Morgan fingerprint density at radius 3 is 2.86 bits per heavy atom. The molecule has 1 aliphatic heterocycles. The molecule has 1 aromatic rings. The normalized spacial score (nSPS) is 20.7. The monoisotopic (exact) mass is 329 g/mol. The number of thioether (sulfide) groups is 1. The van der Waals surface area contributed by atoms with Crippen LogP contribution in [0.15, 0.2) is 0 Å². The Balaban J connectivity index is 2.13.